The second-order valence-electron chi connectivity index (χ2n) is 6.41. The fourth-order valence-corrected chi connectivity index (χ4v) is 4.41. The van der Waals surface area contributed by atoms with Gasteiger partial charge in [0.2, 0.25) is 0 Å². The standard InChI is InChI=1S/C18H21N3O4S/c1-20(2)26(24,25)21-11-3-4-17(21)16-10-9-15(12-19-16)13-5-7-14(8-6-13)18(22)23/h5-10,12,17H,3-4,11H2,1-2H3,(H,22,23). The molecule has 0 radical (unpaired) electrons. The molecule has 0 spiro atoms. The average Bonchev–Trinajstić information content (AvgIpc) is 3.12. The summed E-state index contributed by atoms with van der Waals surface area (Å²) in [7, 11) is -0.419. The third-order valence-electron chi connectivity index (χ3n) is 4.55. The molecule has 1 atom stereocenters. The molecule has 1 aliphatic heterocycles. The van der Waals surface area contributed by atoms with Crippen molar-refractivity contribution < 1.29 is 18.3 Å². The molecule has 1 aliphatic rings. The van der Waals surface area contributed by atoms with Crippen molar-refractivity contribution >= 4 is 16.2 Å². The summed E-state index contributed by atoms with van der Waals surface area (Å²) >= 11 is 0. The van der Waals surface area contributed by atoms with Gasteiger partial charge >= 0.3 is 5.97 Å². The summed E-state index contributed by atoms with van der Waals surface area (Å²) in [5, 5.41) is 8.96. The second kappa shape index (κ2) is 7.14. The predicted molar refractivity (Wildman–Crippen MR) is 97.9 cm³/mol. The lowest BCUT2D eigenvalue weighted by molar-refractivity contribution is 0.0697. The van der Waals surface area contributed by atoms with Crippen molar-refractivity contribution in [1.29, 1.82) is 0 Å². The van der Waals surface area contributed by atoms with Crippen LogP contribution in [0.1, 0.15) is 34.9 Å². The third-order valence-corrected chi connectivity index (χ3v) is 6.51. The van der Waals surface area contributed by atoms with Crippen LogP contribution in [-0.2, 0) is 10.2 Å². The van der Waals surface area contributed by atoms with Crippen LogP contribution in [-0.4, -0.2) is 53.7 Å². The molecule has 0 bridgehead atoms. The van der Waals surface area contributed by atoms with Crippen molar-refractivity contribution in [3.8, 4) is 11.1 Å². The zero-order valence-electron chi connectivity index (χ0n) is 14.7. The molecular weight excluding hydrogens is 354 g/mol. The molecule has 2 heterocycles. The number of hydrogen-bond acceptors (Lipinski definition) is 4. The Morgan fingerprint density at radius 2 is 1.81 bits per heavy atom. The summed E-state index contributed by atoms with van der Waals surface area (Å²) in [6.07, 6.45) is 3.24. The monoisotopic (exact) mass is 375 g/mol. The molecule has 1 saturated heterocycles. The normalized spacial score (nSPS) is 18.3. The summed E-state index contributed by atoms with van der Waals surface area (Å²) in [6, 6.07) is 10.0. The number of hydrogen-bond donors (Lipinski definition) is 1. The molecule has 8 heteroatoms. The van der Waals surface area contributed by atoms with Gasteiger partial charge in [-0.1, -0.05) is 18.2 Å². The van der Waals surface area contributed by atoms with Gasteiger partial charge in [0.1, 0.15) is 0 Å². The van der Waals surface area contributed by atoms with Gasteiger partial charge in [0.05, 0.1) is 17.3 Å². The van der Waals surface area contributed by atoms with Crippen LogP contribution in [0.25, 0.3) is 11.1 Å². The van der Waals surface area contributed by atoms with E-state index in [1.54, 1.807) is 30.5 Å². The SMILES string of the molecule is CN(C)S(=O)(=O)N1CCCC1c1ccc(-c2ccc(C(=O)O)cc2)cn1. The molecule has 26 heavy (non-hydrogen) atoms. The van der Waals surface area contributed by atoms with Crippen LogP contribution in [0.15, 0.2) is 42.6 Å². The highest BCUT2D eigenvalue weighted by molar-refractivity contribution is 7.86. The molecule has 0 aliphatic carbocycles. The van der Waals surface area contributed by atoms with E-state index < -0.39 is 16.2 Å². The molecule has 0 saturated carbocycles. The molecule has 7 nitrogen and oxygen atoms in total. The molecule has 3 rings (SSSR count). The topological polar surface area (TPSA) is 90.8 Å². The number of carboxylic acids is 1. The Labute approximate surface area is 153 Å². The molecule has 2 aromatic rings. The quantitative estimate of drug-likeness (QED) is 0.866. The van der Waals surface area contributed by atoms with E-state index in [2.05, 4.69) is 4.98 Å². The van der Waals surface area contributed by atoms with E-state index in [-0.39, 0.29) is 11.6 Å². The van der Waals surface area contributed by atoms with E-state index in [1.807, 2.05) is 12.1 Å². The van der Waals surface area contributed by atoms with Crippen LogP contribution in [0.3, 0.4) is 0 Å². The number of carboxylic acid groups (broad SMARTS) is 1. The minimum Gasteiger partial charge on any atom is -0.478 e. The highest BCUT2D eigenvalue weighted by Gasteiger charge is 2.37. The third kappa shape index (κ3) is 3.48. The van der Waals surface area contributed by atoms with E-state index in [4.69, 9.17) is 5.11 Å². The second-order valence-corrected chi connectivity index (χ2v) is 8.51. The van der Waals surface area contributed by atoms with Crippen molar-refractivity contribution in [1.82, 2.24) is 13.6 Å². The zero-order chi connectivity index (χ0) is 18.9. The smallest absolute Gasteiger partial charge is 0.335 e. The molecular formula is C18H21N3O4S. The van der Waals surface area contributed by atoms with Crippen molar-refractivity contribution in [2.24, 2.45) is 0 Å². The highest BCUT2D eigenvalue weighted by atomic mass is 32.2. The number of aromatic carboxylic acids is 1. The lowest BCUT2D eigenvalue weighted by Gasteiger charge is -2.26. The molecule has 1 N–H and O–H groups in total. The Kier molecular flexibility index (Phi) is 5.08. The highest BCUT2D eigenvalue weighted by Crippen LogP contribution is 2.34. The minimum absolute atomic E-state index is 0.230. The Hall–Kier alpha value is -2.29. The molecule has 1 aromatic heterocycles. The first-order valence-electron chi connectivity index (χ1n) is 8.29. The first kappa shape index (κ1) is 18.5. The van der Waals surface area contributed by atoms with Crippen LogP contribution in [0.2, 0.25) is 0 Å². The van der Waals surface area contributed by atoms with Crippen LogP contribution >= 0.6 is 0 Å². The Morgan fingerprint density at radius 3 is 2.35 bits per heavy atom. The molecule has 0 amide bonds. The molecule has 138 valence electrons. The van der Waals surface area contributed by atoms with E-state index >= 15 is 0 Å². The summed E-state index contributed by atoms with van der Waals surface area (Å²) in [6.45, 7) is 0.491. The summed E-state index contributed by atoms with van der Waals surface area (Å²) in [5.41, 5.74) is 2.66. The molecule has 1 unspecified atom stereocenters. The fraction of sp³-hybridized carbons (Fsp3) is 0.333. The Bertz CT molecular complexity index is 893. The van der Waals surface area contributed by atoms with Crippen molar-refractivity contribution in [2.75, 3.05) is 20.6 Å². The van der Waals surface area contributed by atoms with Crippen molar-refractivity contribution in [2.45, 2.75) is 18.9 Å². The van der Waals surface area contributed by atoms with Crippen LogP contribution < -0.4 is 0 Å². The van der Waals surface area contributed by atoms with Crippen LogP contribution in [0.4, 0.5) is 0 Å². The number of carbonyl (C=O) groups is 1. The maximum absolute atomic E-state index is 12.5. The zero-order valence-corrected chi connectivity index (χ0v) is 15.5. The first-order chi connectivity index (χ1) is 12.3. The van der Waals surface area contributed by atoms with E-state index in [9.17, 15) is 13.2 Å². The number of benzene rings is 1. The van der Waals surface area contributed by atoms with Gasteiger partial charge in [0.15, 0.2) is 0 Å². The Balaban J connectivity index is 1.84. The van der Waals surface area contributed by atoms with Crippen molar-refractivity contribution in [3.63, 3.8) is 0 Å². The summed E-state index contributed by atoms with van der Waals surface area (Å²) in [5.74, 6) is -0.964. The fourth-order valence-electron chi connectivity index (χ4n) is 3.10. The van der Waals surface area contributed by atoms with Crippen molar-refractivity contribution in [3.05, 3.63) is 53.9 Å². The van der Waals surface area contributed by atoms with Gasteiger partial charge in [-0.2, -0.15) is 17.0 Å². The lowest BCUT2D eigenvalue weighted by Crippen LogP contribution is -2.39. The van der Waals surface area contributed by atoms with Gasteiger partial charge in [-0.25, -0.2) is 4.79 Å². The van der Waals surface area contributed by atoms with E-state index in [0.29, 0.717) is 6.54 Å². The first-order valence-corrected chi connectivity index (χ1v) is 9.69. The maximum Gasteiger partial charge on any atom is 0.335 e. The predicted octanol–water partition coefficient (Wildman–Crippen LogP) is 2.39. The molecule has 1 aromatic carbocycles. The minimum atomic E-state index is -3.48. The lowest BCUT2D eigenvalue weighted by atomic mass is 10.0. The van der Waals surface area contributed by atoms with Gasteiger partial charge in [-0.3, -0.25) is 4.98 Å². The van der Waals surface area contributed by atoms with Gasteiger partial charge < -0.3 is 5.11 Å². The summed E-state index contributed by atoms with van der Waals surface area (Å²) < 4.78 is 27.7. The van der Waals surface area contributed by atoms with E-state index in [1.165, 1.54) is 22.7 Å². The van der Waals surface area contributed by atoms with Gasteiger partial charge in [0, 0.05) is 32.4 Å². The van der Waals surface area contributed by atoms with Crippen LogP contribution in [0, 0.1) is 0 Å². The number of aromatic nitrogens is 1. The van der Waals surface area contributed by atoms with Gasteiger partial charge in [-0.05, 0) is 36.6 Å². The van der Waals surface area contributed by atoms with E-state index in [0.717, 1.165) is 29.7 Å². The number of pyridine rings is 1. The maximum atomic E-state index is 12.5. The largest absolute Gasteiger partial charge is 0.478 e. The number of nitrogens with zero attached hydrogens (tertiary/aromatic N) is 3. The van der Waals surface area contributed by atoms with Gasteiger partial charge in [0.25, 0.3) is 10.2 Å². The van der Waals surface area contributed by atoms with Crippen LogP contribution in [0.5, 0.6) is 0 Å². The average molecular weight is 375 g/mol. The molecule has 1 fully saturated rings. The van der Waals surface area contributed by atoms with Gasteiger partial charge in [-0.15, -0.1) is 0 Å². The number of rotatable bonds is 5. The Morgan fingerprint density at radius 1 is 1.15 bits per heavy atom. The summed E-state index contributed by atoms with van der Waals surface area (Å²) in [4.78, 5) is 15.4.